The Hall–Kier alpha value is -1.07. The molecule has 1 heterocycles. The van der Waals surface area contributed by atoms with Gasteiger partial charge in [-0.2, -0.15) is 13.2 Å². The monoisotopic (exact) mass is 273 g/mol. The van der Waals surface area contributed by atoms with Gasteiger partial charge in [-0.3, -0.25) is 0 Å². The number of halogens is 3. The summed E-state index contributed by atoms with van der Waals surface area (Å²) in [7, 11) is 0. The van der Waals surface area contributed by atoms with Gasteiger partial charge in [0, 0.05) is 6.42 Å². The van der Waals surface area contributed by atoms with Gasteiger partial charge in [0.2, 0.25) is 0 Å². The van der Waals surface area contributed by atoms with Crippen molar-refractivity contribution in [3.8, 4) is 0 Å². The maximum Gasteiger partial charge on any atom is 0.389 e. The molecule has 1 aliphatic rings. The van der Waals surface area contributed by atoms with E-state index in [1.54, 1.807) is 0 Å². The van der Waals surface area contributed by atoms with Gasteiger partial charge in [0.15, 0.2) is 0 Å². The lowest BCUT2D eigenvalue weighted by atomic mass is 9.99. The molecule has 1 aromatic rings. The zero-order valence-corrected chi connectivity index (χ0v) is 10.7. The van der Waals surface area contributed by atoms with Crippen molar-refractivity contribution >= 4 is 0 Å². The highest BCUT2D eigenvalue weighted by molar-refractivity contribution is 5.30. The van der Waals surface area contributed by atoms with Crippen LogP contribution in [0.15, 0.2) is 24.3 Å². The van der Waals surface area contributed by atoms with E-state index in [0.717, 1.165) is 5.56 Å². The Morgan fingerprint density at radius 2 is 2.00 bits per heavy atom. The first-order valence-corrected chi connectivity index (χ1v) is 6.52. The summed E-state index contributed by atoms with van der Waals surface area (Å²) in [6.07, 6.45) is -4.04. The van der Waals surface area contributed by atoms with Gasteiger partial charge in [-0.15, -0.1) is 0 Å². The van der Waals surface area contributed by atoms with Gasteiger partial charge in [0.05, 0.1) is 19.3 Å². The average molecular weight is 273 g/mol. The summed E-state index contributed by atoms with van der Waals surface area (Å²) in [5.41, 5.74) is 2.35. The van der Waals surface area contributed by atoms with Crippen LogP contribution in [0.2, 0.25) is 0 Å². The Kier molecular flexibility index (Phi) is 4.82. The van der Waals surface area contributed by atoms with E-state index in [1.165, 1.54) is 5.56 Å². The van der Waals surface area contributed by atoms with Crippen molar-refractivity contribution in [1.82, 2.24) is 5.32 Å². The average Bonchev–Trinajstić information content (AvgIpc) is 2.37. The van der Waals surface area contributed by atoms with E-state index in [1.807, 2.05) is 24.3 Å². The molecule has 0 saturated heterocycles. The molecule has 0 spiro atoms. The highest BCUT2D eigenvalue weighted by Gasteiger charge is 2.26. The van der Waals surface area contributed by atoms with Crippen molar-refractivity contribution < 1.29 is 17.9 Å². The lowest BCUT2D eigenvalue weighted by Crippen LogP contribution is -2.30. The topological polar surface area (TPSA) is 21.3 Å². The van der Waals surface area contributed by atoms with E-state index >= 15 is 0 Å². The number of ether oxygens (including phenoxy) is 1. The summed E-state index contributed by atoms with van der Waals surface area (Å²) in [5.74, 6) is 0. The number of hydrogen-bond acceptors (Lipinski definition) is 2. The molecule has 1 unspecified atom stereocenters. The van der Waals surface area contributed by atoms with Gasteiger partial charge in [-0.05, 0) is 30.5 Å². The minimum atomic E-state index is -4.04. The number of hydrogen-bond donors (Lipinski definition) is 1. The molecule has 0 saturated carbocycles. The molecule has 1 aromatic carbocycles. The molecule has 2 nitrogen and oxygen atoms in total. The number of benzene rings is 1. The van der Waals surface area contributed by atoms with Gasteiger partial charge in [0.1, 0.15) is 0 Å². The largest absolute Gasteiger partial charge is 0.389 e. The van der Waals surface area contributed by atoms with Crippen LogP contribution in [0.5, 0.6) is 0 Å². The first kappa shape index (κ1) is 14.3. The van der Waals surface area contributed by atoms with E-state index in [9.17, 15) is 13.2 Å². The van der Waals surface area contributed by atoms with Crippen LogP contribution in [0.25, 0.3) is 0 Å². The molecule has 0 amide bonds. The number of alkyl halides is 3. The first-order chi connectivity index (χ1) is 9.06. The Labute approximate surface area is 111 Å². The van der Waals surface area contributed by atoms with E-state index in [0.29, 0.717) is 26.2 Å². The number of nitrogens with one attached hydrogen (secondary N) is 1. The Bertz CT molecular complexity index is 406. The van der Waals surface area contributed by atoms with E-state index < -0.39 is 12.6 Å². The molecule has 0 radical (unpaired) electrons. The molecule has 2 rings (SSSR count). The molecule has 1 atom stereocenters. The van der Waals surface area contributed by atoms with Crippen LogP contribution in [0, 0.1) is 0 Å². The van der Waals surface area contributed by atoms with Crippen LogP contribution in [0.4, 0.5) is 13.2 Å². The zero-order valence-electron chi connectivity index (χ0n) is 10.7. The fraction of sp³-hybridized carbons (Fsp3) is 0.571. The summed E-state index contributed by atoms with van der Waals surface area (Å²) in [6.45, 7) is 1.77. The van der Waals surface area contributed by atoms with Gasteiger partial charge in [-0.1, -0.05) is 24.3 Å². The molecule has 0 bridgehead atoms. The smallest absolute Gasteiger partial charge is 0.375 e. The SMILES string of the molecule is FC(F)(F)CCCCNC1COCc2ccccc21. The molecule has 1 aliphatic heterocycles. The van der Waals surface area contributed by atoms with E-state index in [4.69, 9.17) is 4.74 Å². The fourth-order valence-corrected chi connectivity index (χ4v) is 2.28. The van der Waals surface area contributed by atoms with Gasteiger partial charge >= 0.3 is 6.18 Å². The van der Waals surface area contributed by atoms with Crippen molar-refractivity contribution in [2.45, 2.75) is 38.1 Å². The molecule has 0 aromatic heterocycles. The van der Waals surface area contributed by atoms with Gasteiger partial charge < -0.3 is 10.1 Å². The van der Waals surface area contributed by atoms with Crippen molar-refractivity contribution in [3.63, 3.8) is 0 Å². The Morgan fingerprint density at radius 1 is 1.21 bits per heavy atom. The molecule has 0 aliphatic carbocycles. The number of rotatable bonds is 5. The minimum Gasteiger partial charge on any atom is -0.375 e. The summed E-state index contributed by atoms with van der Waals surface area (Å²) < 4.78 is 41.5. The summed E-state index contributed by atoms with van der Waals surface area (Å²) in [5, 5.41) is 3.27. The van der Waals surface area contributed by atoms with Crippen LogP contribution in [-0.2, 0) is 11.3 Å². The standard InChI is InChI=1S/C14H18F3NO/c15-14(16,17)7-3-4-8-18-13-10-19-9-11-5-1-2-6-12(11)13/h1-2,5-6,13,18H,3-4,7-10H2. The molecular formula is C14H18F3NO. The predicted octanol–water partition coefficient (Wildman–Crippen LogP) is 3.58. The van der Waals surface area contributed by atoms with Crippen LogP contribution >= 0.6 is 0 Å². The van der Waals surface area contributed by atoms with Crippen LogP contribution < -0.4 is 5.32 Å². The van der Waals surface area contributed by atoms with Crippen molar-refractivity contribution in [3.05, 3.63) is 35.4 Å². The number of fused-ring (bicyclic) bond motifs is 1. The van der Waals surface area contributed by atoms with Gasteiger partial charge in [0.25, 0.3) is 0 Å². The summed E-state index contributed by atoms with van der Waals surface area (Å²) in [4.78, 5) is 0. The normalized spacial score (nSPS) is 19.2. The summed E-state index contributed by atoms with van der Waals surface area (Å²) >= 11 is 0. The maximum absolute atomic E-state index is 12.0. The van der Waals surface area contributed by atoms with Gasteiger partial charge in [-0.25, -0.2) is 0 Å². The van der Waals surface area contributed by atoms with Crippen molar-refractivity contribution in [1.29, 1.82) is 0 Å². The molecule has 0 fully saturated rings. The minimum absolute atomic E-state index is 0.0934. The fourth-order valence-electron chi connectivity index (χ4n) is 2.28. The molecule has 1 N–H and O–H groups in total. The number of unbranched alkanes of at least 4 members (excludes halogenated alkanes) is 1. The van der Waals surface area contributed by atoms with Crippen molar-refractivity contribution in [2.75, 3.05) is 13.2 Å². The third-order valence-electron chi connectivity index (χ3n) is 3.25. The molecular weight excluding hydrogens is 255 g/mol. The molecule has 5 heteroatoms. The summed E-state index contributed by atoms with van der Waals surface area (Å²) in [6, 6.07) is 8.10. The second-order valence-corrected chi connectivity index (χ2v) is 4.79. The second-order valence-electron chi connectivity index (χ2n) is 4.79. The van der Waals surface area contributed by atoms with Crippen molar-refractivity contribution in [2.24, 2.45) is 0 Å². The van der Waals surface area contributed by atoms with Crippen LogP contribution in [-0.4, -0.2) is 19.3 Å². The van der Waals surface area contributed by atoms with Crippen LogP contribution in [0.1, 0.15) is 36.4 Å². The quantitative estimate of drug-likeness (QED) is 0.828. The maximum atomic E-state index is 12.0. The highest BCUT2D eigenvalue weighted by atomic mass is 19.4. The third-order valence-corrected chi connectivity index (χ3v) is 3.25. The molecule has 19 heavy (non-hydrogen) atoms. The predicted molar refractivity (Wildman–Crippen MR) is 66.7 cm³/mol. The first-order valence-electron chi connectivity index (χ1n) is 6.52. The lowest BCUT2D eigenvalue weighted by molar-refractivity contribution is -0.135. The van der Waals surface area contributed by atoms with E-state index in [-0.39, 0.29) is 12.5 Å². The Morgan fingerprint density at radius 3 is 2.79 bits per heavy atom. The van der Waals surface area contributed by atoms with Crippen LogP contribution in [0.3, 0.4) is 0 Å². The Balaban J connectivity index is 1.75. The zero-order chi connectivity index (χ0) is 13.7. The second kappa shape index (κ2) is 6.39. The van der Waals surface area contributed by atoms with E-state index in [2.05, 4.69) is 5.32 Å². The lowest BCUT2D eigenvalue weighted by Gasteiger charge is -2.26. The highest BCUT2D eigenvalue weighted by Crippen LogP contribution is 2.25. The third kappa shape index (κ3) is 4.51. The molecule has 106 valence electrons.